The summed E-state index contributed by atoms with van der Waals surface area (Å²) in [4.78, 5) is 18.9. The third-order valence-electron chi connectivity index (χ3n) is 4.75. The normalized spacial score (nSPS) is 16.3. The first-order valence-electron chi connectivity index (χ1n) is 9.65. The number of urea groups is 1. The second-order valence-corrected chi connectivity index (χ2v) is 7.80. The van der Waals surface area contributed by atoms with Gasteiger partial charge in [-0.3, -0.25) is 0 Å². The Labute approximate surface area is 175 Å². The second kappa shape index (κ2) is 10.1. The third kappa shape index (κ3) is 5.63. The summed E-state index contributed by atoms with van der Waals surface area (Å²) in [6, 6.07) is 5.38. The minimum absolute atomic E-state index is 0.0847. The molecule has 3 rings (SSSR count). The molecule has 1 N–H and O–H groups in total. The molecular weight excluding hydrogens is 399 g/mol. The number of nitrogens with one attached hydrogen (secondary N) is 1. The monoisotopic (exact) mass is 424 g/mol. The van der Waals surface area contributed by atoms with Crippen molar-refractivity contribution in [1.29, 1.82) is 0 Å². The number of hydrogen-bond acceptors (Lipinski definition) is 3. The van der Waals surface area contributed by atoms with Gasteiger partial charge in [-0.25, -0.2) is 9.78 Å². The zero-order chi connectivity index (χ0) is 19.9. The lowest BCUT2D eigenvalue weighted by molar-refractivity contribution is 0.0786. The van der Waals surface area contributed by atoms with E-state index in [0.29, 0.717) is 36.2 Å². The molecule has 0 unspecified atom stereocenters. The van der Waals surface area contributed by atoms with Gasteiger partial charge in [0.25, 0.3) is 0 Å². The van der Waals surface area contributed by atoms with Gasteiger partial charge in [0.05, 0.1) is 19.2 Å². The Hall–Kier alpha value is -1.76. The van der Waals surface area contributed by atoms with Crippen LogP contribution < -0.4 is 5.32 Å². The highest BCUT2D eigenvalue weighted by Gasteiger charge is 2.24. The maximum Gasteiger partial charge on any atom is 0.317 e. The second-order valence-electron chi connectivity index (χ2n) is 6.95. The number of nitrogens with zero attached hydrogens (tertiary/aromatic N) is 3. The van der Waals surface area contributed by atoms with E-state index >= 15 is 0 Å². The van der Waals surface area contributed by atoms with Crippen molar-refractivity contribution in [3.05, 3.63) is 52.0 Å². The molecule has 0 radical (unpaired) electrons. The molecule has 0 aliphatic carbocycles. The highest BCUT2D eigenvalue weighted by molar-refractivity contribution is 6.35. The largest absolute Gasteiger partial charge is 0.376 e. The van der Waals surface area contributed by atoms with Gasteiger partial charge in [0, 0.05) is 42.1 Å². The zero-order valence-corrected chi connectivity index (χ0v) is 17.5. The SMILES string of the molecule is CCCNC(=O)N(Cc1nccn1Cc1ccc(Cl)cc1Cl)C[C@@H]1CCCO1. The predicted molar refractivity (Wildman–Crippen MR) is 111 cm³/mol. The average Bonchev–Trinajstić information content (AvgIpc) is 3.34. The lowest BCUT2D eigenvalue weighted by Crippen LogP contribution is -2.44. The van der Waals surface area contributed by atoms with Crippen LogP contribution in [-0.2, 0) is 17.8 Å². The van der Waals surface area contributed by atoms with Crippen molar-refractivity contribution in [3.8, 4) is 0 Å². The van der Waals surface area contributed by atoms with E-state index in [1.807, 2.05) is 29.8 Å². The molecule has 1 aliphatic heterocycles. The Morgan fingerprint density at radius 1 is 1.43 bits per heavy atom. The third-order valence-corrected chi connectivity index (χ3v) is 5.34. The molecule has 2 amide bonds. The summed E-state index contributed by atoms with van der Waals surface area (Å²) in [7, 11) is 0. The quantitative estimate of drug-likeness (QED) is 0.685. The molecule has 0 saturated carbocycles. The van der Waals surface area contributed by atoms with Crippen molar-refractivity contribution in [2.24, 2.45) is 0 Å². The fourth-order valence-electron chi connectivity index (χ4n) is 3.24. The molecule has 0 bridgehead atoms. The van der Waals surface area contributed by atoms with E-state index in [2.05, 4.69) is 10.3 Å². The molecule has 152 valence electrons. The first kappa shape index (κ1) is 21.0. The number of hydrogen-bond donors (Lipinski definition) is 1. The molecule has 1 aromatic heterocycles. The van der Waals surface area contributed by atoms with Crippen molar-refractivity contribution in [1.82, 2.24) is 19.8 Å². The Bertz CT molecular complexity index is 790. The summed E-state index contributed by atoms with van der Waals surface area (Å²) in [6.07, 6.45) is 6.64. The molecule has 2 heterocycles. The van der Waals surface area contributed by atoms with E-state index in [1.165, 1.54) is 0 Å². The maximum atomic E-state index is 12.7. The highest BCUT2D eigenvalue weighted by atomic mass is 35.5. The maximum absolute atomic E-state index is 12.7. The molecule has 0 spiro atoms. The number of imidazole rings is 1. The van der Waals surface area contributed by atoms with Gasteiger partial charge < -0.3 is 19.5 Å². The van der Waals surface area contributed by atoms with Crippen LogP contribution in [0, 0.1) is 0 Å². The fraction of sp³-hybridized carbons (Fsp3) is 0.500. The number of carbonyl (C=O) groups is 1. The van der Waals surface area contributed by atoms with Crippen molar-refractivity contribution in [3.63, 3.8) is 0 Å². The standard InChI is InChI=1S/C20H26Cl2N4O2/c1-2-7-24-20(27)26(13-17-4-3-10-28-17)14-19-23-8-9-25(19)12-15-5-6-16(21)11-18(15)22/h5-6,8-9,11,17H,2-4,7,10,12-14H2,1H3,(H,24,27)/t17-/m0/s1. The lowest BCUT2D eigenvalue weighted by atomic mass is 10.2. The average molecular weight is 425 g/mol. The van der Waals surface area contributed by atoms with Crippen molar-refractivity contribution in [2.75, 3.05) is 19.7 Å². The number of benzene rings is 1. The van der Waals surface area contributed by atoms with Gasteiger partial charge in [-0.2, -0.15) is 0 Å². The topological polar surface area (TPSA) is 59.4 Å². The Kier molecular flexibility index (Phi) is 7.59. The Balaban J connectivity index is 1.73. The van der Waals surface area contributed by atoms with E-state index in [1.54, 1.807) is 17.2 Å². The summed E-state index contributed by atoms with van der Waals surface area (Å²) < 4.78 is 7.74. The Morgan fingerprint density at radius 2 is 2.29 bits per heavy atom. The van der Waals surface area contributed by atoms with Crippen LogP contribution in [0.3, 0.4) is 0 Å². The van der Waals surface area contributed by atoms with E-state index in [-0.39, 0.29) is 12.1 Å². The van der Waals surface area contributed by atoms with Crippen molar-refractivity contribution in [2.45, 2.75) is 45.4 Å². The zero-order valence-electron chi connectivity index (χ0n) is 16.0. The van der Waals surface area contributed by atoms with E-state index < -0.39 is 0 Å². The molecule has 1 aliphatic rings. The molecule has 28 heavy (non-hydrogen) atoms. The van der Waals surface area contributed by atoms with Crippen LogP contribution in [0.4, 0.5) is 4.79 Å². The van der Waals surface area contributed by atoms with Crippen molar-refractivity contribution < 1.29 is 9.53 Å². The molecular formula is C20H26Cl2N4O2. The molecule has 2 aromatic rings. The first-order valence-corrected chi connectivity index (χ1v) is 10.4. The van der Waals surface area contributed by atoms with Gasteiger partial charge in [0.15, 0.2) is 0 Å². The number of amides is 2. The van der Waals surface area contributed by atoms with Crippen LogP contribution in [0.15, 0.2) is 30.6 Å². The summed E-state index contributed by atoms with van der Waals surface area (Å²) in [6.45, 7) is 4.98. The number of rotatable bonds is 8. The number of halogens is 2. The summed E-state index contributed by atoms with van der Waals surface area (Å²) in [5, 5.41) is 4.18. The first-order chi connectivity index (χ1) is 13.6. The van der Waals surface area contributed by atoms with Crippen LogP contribution in [0.5, 0.6) is 0 Å². The van der Waals surface area contributed by atoms with E-state index in [0.717, 1.165) is 37.3 Å². The number of aromatic nitrogens is 2. The molecule has 1 fully saturated rings. The summed E-state index contributed by atoms with van der Waals surface area (Å²) in [5.41, 5.74) is 0.950. The van der Waals surface area contributed by atoms with Gasteiger partial charge in [-0.1, -0.05) is 36.2 Å². The minimum Gasteiger partial charge on any atom is -0.376 e. The molecule has 1 saturated heterocycles. The number of carbonyl (C=O) groups excluding carboxylic acids is 1. The molecule has 8 heteroatoms. The van der Waals surface area contributed by atoms with Crippen molar-refractivity contribution >= 4 is 29.2 Å². The van der Waals surface area contributed by atoms with Gasteiger partial charge in [-0.05, 0) is 37.0 Å². The highest BCUT2D eigenvalue weighted by Crippen LogP contribution is 2.22. The lowest BCUT2D eigenvalue weighted by Gasteiger charge is -2.26. The number of ether oxygens (including phenoxy) is 1. The van der Waals surface area contributed by atoms with Crippen LogP contribution >= 0.6 is 23.2 Å². The van der Waals surface area contributed by atoms with Crippen LogP contribution in [0.1, 0.15) is 37.6 Å². The fourth-order valence-corrected chi connectivity index (χ4v) is 3.71. The van der Waals surface area contributed by atoms with Gasteiger partial charge in [0.2, 0.25) is 0 Å². The van der Waals surface area contributed by atoms with E-state index in [4.69, 9.17) is 27.9 Å². The van der Waals surface area contributed by atoms with Gasteiger partial charge in [0.1, 0.15) is 5.82 Å². The molecule has 1 atom stereocenters. The van der Waals surface area contributed by atoms with Gasteiger partial charge in [-0.15, -0.1) is 0 Å². The predicted octanol–water partition coefficient (Wildman–Crippen LogP) is 4.34. The smallest absolute Gasteiger partial charge is 0.317 e. The van der Waals surface area contributed by atoms with Crippen LogP contribution in [0.2, 0.25) is 10.0 Å². The van der Waals surface area contributed by atoms with Gasteiger partial charge >= 0.3 is 6.03 Å². The Morgan fingerprint density at radius 3 is 3.00 bits per heavy atom. The van der Waals surface area contributed by atoms with Crippen LogP contribution in [0.25, 0.3) is 0 Å². The molecule has 6 nitrogen and oxygen atoms in total. The summed E-state index contributed by atoms with van der Waals surface area (Å²) >= 11 is 12.3. The van der Waals surface area contributed by atoms with Crippen LogP contribution in [-0.4, -0.2) is 46.3 Å². The summed E-state index contributed by atoms with van der Waals surface area (Å²) in [5.74, 6) is 0.802. The minimum atomic E-state index is -0.0866. The van der Waals surface area contributed by atoms with E-state index in [9.17, 15) is 4.79 Å². The molecule has 1 aromatic carbocycles.